The molecule has 0 spiro atoms. The lowest BCUT2D eigenvalue weighted by Gasteiger charge is -2.10. The standard InChI is InChI=1S/C16H10I2O6/c1-23-9-3-2-6(4-7(9)19)10-5-8(20)11-14(21)12(17)15(22)13(18)16(11)24-10/h2-5,19,21-22H,1H3. The van der Waals surface area contributed by atoms with E-state index < -0.39 is 5.43 Å². The molecule has 2 aromatic carbocycles. The first kappa shape index (κ1) is 17.1. The lowest BCUT2D eigenvalue weighted by Crippen LogP contribution is -2.03. The minimum Gasteiger partial charge on any atom is -0.506 e. The second kappa shape index (κ2) is 6.31. The van der Waals surface area contributed by atoms with Gasteiger partial charge in [0, 0.05) is 11.6 Å². The molecule has 0 aliphatic heterocycles. The van der Waals surface area contributed by atoms with Crippen LogP contribution in [0.2, 0.25) is 0 Å². The predicted octanol–water partition coefficient (Wildman–Crippen LogP) is 3.79. The van der Waals surface area contributed by atoms with Crippen molar-refractivity contribution in [1.82, 2.24) is 0 Å². The van der Waals surface area contributed by atoms with E-state index in [2.05, 4.69) is 0 Å². The molecule has 0 bridgehead atoms. The first-order chi connectivity index (χ1) is 11.3. The number of hydrogen-bond acceptors (Lipinski definition) is 6. The molecule has 8 heteroatoms. The smallest absolute Gasteiger partial charge is 0.197 e. The van der Waals surface area contributed by atoms with E-state index in [1.54, 1.807) is 34.7 Å². The molecule has 1 heterocycles. The van der Waals surface area contributed by atoms with Crippen molar-refractivity contribution in [2.75, 3.05) is 7.11 Å². The highest BCUT2D eigenvalue weighted by molar-refractivity contribution is 14.1. The molecule has 0 saturated carbocycles. The zero-order valence-electron chi connectivity index (χ0n) is 12.1. The molecule has 0 unspecified atom stereocenters. The molecule has 3 rings (SSSR count). The number of fused-ring (bicyclic) bond motifs is 1. The first-order valence-corrected chi connectivity index (χ1v) is 8.75. The Morgan fingerprint density at radius 2 is 1.75 bits per heavy atom. The van der Waals surface area contributed by atoms with E-state index in [-0.39, 0.29) is 37.5 Å². The molecule has 0 radical (unpaired) electrons. The molecular formula is C16H10I2O6. The summed E-state index contributed by atoms with van der Waals surface area (Å²) < 4.78 is 11.2. The number of phenolic OH excluding ortho intramolecular Hbond substituents is 3. The van der Waals surface area contributed by atoms with Gasteiger partial charge in [-0.2, -0.15) is 0 Å². The SMILES string of the molecule is COc1ccc(-c2cc(=O)c3c(O)c(I)c(O)c(I)c3o2)cc1O. The average Bonchev–Trinajstić information content (AvgIpc) is 2.57. The fourth-order valence-electron chi connectivity index (χ4n) is 2.28. The Hall–Kier alpha value is -1.69. The number of hydrogen-bond donors (Lipinski definition) is 3. The molecule has 0 fully saturated rings. The molecule has 124 valence electrons. The summed E-state index contributed by atoms with van der Waals surface area (Å²) in [5, 5.41) is 30.1. The number of rotatable bonds is 2. The molecule has 0 aliphatic carbocycles. The highest BCUT2D eigenvalue weighted by Gasteiger charge is 2.21. The van der Waals surface area contributed by atoms with E-state index >= 15 is 0 Å². The van der Waals surface area contributed by atoms with Gasteiger partial charge in [0.1, 0.15) is 22.6 Å². The van der Waals surface area contributed by atoms with Crippen LogP contribution in [-0.2, 0) is 0 Å². The summed E-state index contributed by atoms with van der Waals surface area (Å²) in [4.78, 5) is 12.4. The van der Waals surface area contributed by atoms with Crippen molar-refractivity contribution in [2.24, 2.45) is 0 Å². The van der Waals surface area contributed by atoms with Gasteiger partial charge in [0.05, 0.1) is 14.3 Å². The molecule has 3 aromatic rings. The summed E-state index contributed by atoms with van der Waals surface area (Å²) >= 11 is 3.61. The maximum atomic E-state index is 12.4. The summed E-state index contributed by atoms with van der Waals surface area (Å²) in [5.41, 5.74) is 0.0966. The molecule has 24 heavy (non-hydrogen) atoms. The van der Waals surface area contributed by atoms with E-state index in [1.165, 1.54) is 19.2 Å². The number of phenols is 3. The summed E-state index contributed by atoms with van der Waals surface area (Å²) in [7, 11) is 1.43. The van der Waals surface area contributed by atoms with Gasteiger partial charge in [0.15, 0.2) is 22.5 Å². The van der Waals surface area contributed by atoms with Crippen LogP contribution in [0.25, 0.3) is 22.3 Å². The lowest BCUT2D eigenvalue weighted by molar-refractivity contribution is 0.373. The van der Waals surface area contributed by atoms with Crippen LogP contribution >= 0.6 is 45.2 Å². The highest BCUT2D eigenvalue weighted by atomic mass is 127. The van der Waals surface area contributed by atoms with Crippen molar-refractivity contribution >= 4 is 56.2 Å². The van der Waals surface area contributed by atoms with E-state index in [4.69, 9.17) is 9.15 Å². The Bertz CT molecular complexity index is 1030. The second-order valence-corrected chi connectivity index (χ2v) is 7.05. The average molecular weight is 552 g/mol. The minimum absolute atomic E-state index is 0.00286. The van der Waals surface area contributed by atoms with Gasteiger partial charge in [-0.15, -0.1) is 0 Å². The number of ether oxygens (including phenoxy) is 1. The normalized spacial score (nSPS) is 11.0. The first-order valence-electron chi connectivity index (χ1n) is 6.59. The van der Waals surface area contributed by atoms with Crippen LogP contribution in [0.1, 0.15) is 0 Å². The Labute approximate surface area is 163 Å². The molecule has 0 aliphatic rings. The Kier molecular flexibility index (Phi) is 4.51. The molecule has 3 N–H and O–H groups in total. The molecule has 0 saturated heterocycles. The van der Waals surface area contributed by atoms with Gasteiger partial charge < -0.3 is 24.5 Å². The third-order valence-electron chi connectivity index (χ3n) is 3.47. The van der Waals surface area contributed by atoms with Gasteiger partial charge in [-0.3, -0.25) is 4.79 Å². The number of halogens is 2. The van der Waals surface area contributed by atoms with Crippen LogP contribution in [0, 0.1) is 7.14 Å². The van der Waals surface area contributed by atoms with Crippen molar-refractivity contribution in [1.29, 1.82) is 0 Å². The van der Waals surface area contributed by atoms with Crippen molar-refractivity contribution in [2.45, 2.75) is 0 Å². The van der Waals surface area contributed by atoms with E-state index in [9.17, 15) is 20.1 Å². The third-order valence-corrected chi connectivity index (χ3v) is 5.49. The summed E-state index contributed by atoms with van der Waals surface area (Å²) in [5.74, 6) is -0.0779. The Balaban J connectivity index is 2.33. The fraction of sp³-hybridized carbons (Fsp3) is 0.0625. The van der Waals surface area contributed by atoms with E-state index in [1.807, 2.05) is 22.6 Å². The fourth-order valence-corrected chi connectivity index (χ4v) is 3.99. The molecular weight excluding hydrogens is 542 g/mol. The van der Waals surface area contributed by atoms with Crippen LogP contribution in [0.4, 0.5) is 0 Å². The number of methoxy groups -OCH3 is 1. The Morgan fingerprint density at radius 1 is 1.04 bits per heavy atom. The van der Waals surface area contributed by atoms with E-state index in [0.717, 1.165) is 0 Å². The second-order valence-electron chi connectivity index (χ2n) is 4.89. The minimum atomic E-state index is -0.449. The summed E-state index contributed by atoms with van der Waals surface area (Å²) in [6.45, 7) is 0. The van der Waals surface area contributed by atoms with Crippen molar-refractivity contribution in [3.05, 3.63) is 41.6 Å². The molecule has 1 aromatic heterocycles. The lowest BCUT2D eigenvalue weighted by atomic mass is 10.1. The van der Waals surface area contributed by atoms with Gasteiger partial charge in [0.25, 0.3) is 0 Å². The molecule has 0 atom stereocenters. The largest absolute Gasteiger partial charge is 0.506 e. The van der Waals surface area contributed by atoms with Crippen molar-refractivity contribution in [3.8, 4) is 34.3 Å². The van der Waals surface area contributed by atoms with Crippen LogP contribution < -0.4 is 10.2 Å². The summed E-state index contributed by atoms with van der Waals surface area (Å²) in [6, 6.07) is 5.80. The molecule has 0 amide bonds. The van der Waals surface area contributed by atoms with Gasteiger partial charge in [0.2, 0.25) is 0 Å². The van der Waals surface area contributed by atoms with Crippen molar-refractivity contribution < 1.29 is 24.5 Å². The Morgan fingerprint density at radius 3 is 2.38 bits per heavy atom. The van der Waals surface area contributed by atoms with Crippen molar-refractivity contribution in [3.63, 3.8) is 0 Å². The topological polar surface area (TPSA) is 100 Å². The third kappa shape index (κ3) is 2.66. The van der Waals surface area contributed by atoms with Gasteiger partial charge >= 0.3 is 0 Å². The maximum absolute atomic E-state index is 12.4. The van der Waals surface area contributed by atoms with Crippen LogP contribution in [0.5, 0.6) is 23.0 Å². The number of benzene rings is 2. The van der Waals surface area contributed by atoms with Crippen LogP contribution in [-0.4, -0.2) is 22.4 Å². The molecule has 6 nitrogen and oxygen atoms in total. The zero-order chi connectivity index (χ0) is 17.6. The predicted molar refractivity (Wildman–Crippen MR) is 105 cm³/mol. The summed E-state index contributed by atoms with van der Waals surface area (Å²) in [6.07, 6.45) is 0. The van der Waals surface area contributed by atoms with Gasteiger partial charge in [-0.1, -0.05) is 0 Å². The van der Waals surface area contributed by atoms with Gasteiger partial charge in [-0.05, 0) is 63.4 Å². The van der Waals surface area contributed by atoms with Gasteiger partial charge in [-0.25, -0.2) is 0 Å². The number of aromatic hydroxyl groups is 3. The highest BCUT2D eigenvalue weighted by Crippen LogP contribution is 2.41. The maximum Gasteiger partial charge on any atom is 0.197 e. The van der Waals surface area contributed by atoms with E-state index in [0.29, 0.717) is 14.9 Å². The quantitative estimate of drug-likeness (QED) is 0.419. The van der Waals surface area contributed by atoms with Crippen LogP contribution in [0.15, 0.2) is 33.5 Å². The van der Waals surface area contributed by atoms with Crippen LogP contribution in [0.3, 0.4) is 0 Å². The monoisotopic (exact) mass is 552 g/mol. The zero-order valence-corrected chi connectivity index (χ0v) is 16.4.